The summed E-state index contributed by atoms with van der Waals surface area (Å²) >= 11 is 0. The number of rotatable bonds is 4. The Morgan fingerprint density at radius 1 is 0.750 bits per heavy atom. The van der Waals surface area contributed by atoms with Crippen molar-refractivity contribution in [1.29, 1.82) is 0 Å². The van der Waals surface area contributed by atoms with Crippen LogP contribution in [-0.4, -0.2) is 11.9 Å². The number of ether oxygens (including phenoxy) is 2. The maximum atomic E-state index is 10.5. The molecule has 2 aromatic rings. The predicted molar refractivity (Wildman–Crippen MR) is 74.9 cm³/mol. The Labute approximate surface area is 134 Å². The van der Waals surface area contributed by atoms with Gasteiger partial charge in [0.05, 0.1) is 0 Å². The molecule has 2 aromatic heterocycles. The Morgan fingerprint density at radius 3 is 1.29 bits per heavy atom. The number of carbonyl (C=O) groups is 2. The average molecular weight is 344 g/mol. The normalized spacial score (nSPS) is 9.83. The molecule has 0 fully saturated rings. The third-order valence-electron chi connectivity index (χ3n) is 2.48. The van der Waals surface area contributed by atoms with Gasteiger partial charge in [-0.25, -0.2) is 9.59 Å². The van der Waals surface area contributed by atoms with Crippen LogP contribution in [-0.2, 0) is 32.3 Å². The molecule has 0 aliphatic rings. The van der Waals surface area contributed by atoms with Gasteiger partial charge < -0.3 is 27.1 Å². The summed E-state index contributed by atoms with van der Waals surface area (Å²) in [6.07, 6.45) is 0. The molecule has 0 aliphatic heterocycles. The van der Waals surface area contributed by atoms with E-state index in [0.717, 1.165) is 0 Å². The third-order valence-corrected chi connectivity index (χ3v) is 2.48. The highest BCUT2D eigenvalue weighted by Gasteiger charge is 2.09. The van der Waals surface area contributed by atoms with E-state index in [-0.39, 0.29) is 24.7 Å². The van der Waals surface area contributed by atoms with Gasteiger partial charge in [0.25, 0.3) is 0 Å². The molecule has 0 aliphatic carbocycles. The number of esters is 2. The van der Waals surface area contributed by atoms with Crippen molar-refractivity contribution in [3.63, 3.8) is 0 Å². The van der Waals surface area contributed by atoms with Gasteiger partial charge in [0.15, 0.2) is 36.3 Å². The molecular formula is C14H16O10. The molecule has 0 spiro atoms. The first-order chi connectivity index (χ1) is 11.2. The largest absolute Gasteiger partial charge is 0.519 e. The van der Waals surface area contributed by atoms with E-state index in [0.29, 0.717) is 11.5 Å². The lowest BCUT2D eigenvalue weighted by Crippen LogP contribution is -1.99. The van der Waals surface area contributed by atoms with Crippen molar-refractivity contribution in [3.8, 4) is 0 Å². The monoisotopic (exact) mass is 344 g/mol. The second-order valence-electron chi connectivity index (χ2n) is 4.43. The molecule has 0 aromatic carbocycles. The highest BCUT2D eigenvalue weighted by atomic mass is 16.6. The van der Waals surface area contributed by atoms with Gasteiger partial charge in [-0.1, -0.05) is 0 Å². The van der Waals surface area contributed by atoms with Gasteiger partial charge in [-0.15, -0.1) is 0 Å². The van der Waals surface area contributed by atoms with Crippen molar-refractivity contribution >= 4 is 11.9 Å². The van der Waals surface area contributed by atoms with Crippen LogP contribution in [0.3, 0.4) is 0 Å². The van der Waals surface area contributed by atoms with E-state index in [1.807, 2.05) is 0 Å². The fourth-order valence-electron chi connectivity index (χ4n) is 1.35. The minimum atomic E-state index is -0.783. The lowest BCUT2D eigenvalue weighted by molar-refractivity contribution is -0.143. The molecule has 10 heteroatoms. The van der Waals surface area contributed by atoms with E-state index < -0.39 is 23.6 Å². The zero-order chi connectivity index (χ0) is 18.3. The number of hydrogen-bond acceptors (Lipinski definition) is 10. The van der Waals surface area contributed by atoms with E-state index in [9.17, 15) is 19.2 Å². The van der Waals surface area contributed by atoms with Gasteiger partial charge >= 0.3 is 23.6 Å². The second-order valence-corrected chi connectivity index (χ2v) is 4.43. The summed E-state index contributed by atoms with van der Waals surface area (Å²) < 4.78 is 27.4. The molecule has 0 amide bonds. The van der Waals surface area contributed by atoms with E-state index in [4.69, 9.17) is 0 Å². The predicted octanol–water partition coefficient (Wildman–Crippen LogP) is 1.21. The molecule has 132 valence electrons. The highest BCUT2D eigenvalue weighted by molar-refractivity contribution is 5.66. The standard InChI is InChI=1S/2C7H8O5/c2*1-4-6(3-10-5(2)8)12-7(9)11-4/h2*3H2,1-2H3. The van der Waals surface area contributed by atoms with Crippen molar-refractivity contribution < 1.29 is 36.7 Å². The van der Waals surface area contributed by atoms with E-state index in [2.05, 4.69) is 27.1 Å². The Balaban J connectivity index is 0.000000240. The summed E-state index contributed by atoms with van der Waals surface area (Å²) in [5.41, 5.74) is 0. The van der Waals surface area contributed by atoms with E-state index in [1.165, 1.54) is 13.8 Å². The fourth-order valence-corrected chi connectivity index (χ4v) is 1.35. The van der Waals surface area contributed by atoms with Crippen LogP contribution < -0.4 is 11.6 Å². The Hall–Kier alpha value is -3.04. The van der Waals surface area contributed by atoms with Crippen LogP contribution in [0.1, 0.15) is 36.9 Å². The minimum Gasteiger partial charge on any atom is -0.458 e. The van der Waals surface area contributed by atoms with Gasteiger partial charge in [0.2, 0.25) is 0 Å². The quantitative estimate of drug-likeness (QED) is 0.743. The van der Waals surface area contributed by atoms with Gasteiger partial charge in [0.1, 0.15) is 0 Å². The van der Waals surface area contributed by atoms with Gasteiger partial charge in [-0.05, 0) is 13.8 Å². The lowest BCUT2D eigenvalue weighted by Gasteiger charge is -1.96. The SMILES string of the molecule is CC(=O)OCc1oc(=O)oc1C.CC(=O)OCc1oc(=O)oc1C. The van der Waals surface area contributed by atoms with E-state index in [1.54, 1.807) is 13.8 Å². The minimum absolute atomic E-state index is 0.0626. The third kappa shape index (κ3) is 6.38. The van der Waals surface area contributed by atoms with Crippen LogP contribution in [0.15, 0.2) is 27.3 Å². The molecule has 0 N–H and O–H groups in total. The highest BCUT2D eigenvalue weighted by Crippen LogP contribution is 2.06. The fraction of sp³-hybridized carbons (Fsp3) is 0.429. The summed E-state index contributed by atoms with van der Waals surface area (Å²) in [5.74, 6) is -1.27. The summed E-state index contributed by atoms with van der Waals surface area (Å²) in [5, 5.41) is 0. The number of carbonyl (C=O) groups excluding carboxylic acids is 2. The molecule has 24 heavy (non-hydrogen) atoms. The summed E-state index contributed by atoms with van der Waals surface area (Å²) in [6, 6.07) is 0. The van der Waals surface area contributed by atoms with Crippen LogP contribution in [0.5, 0.6) is 0 Å². The molecule has 0 unspecified atom stereocenters. The molecule has 0 saturated carbocycles. The maximum Gasteiger partial charge on any atom is 0.519 e. The number of aryl methyl sites for hydroxylation is 2. The smallest absolute Gasteiger partial charge is 0.458 e. The molecule has 0 radical (unpaired) electrons. The van der Waals surface area contributed by atoms with Crippen molar-refractivity contribution in [3.05, 3.63) is 44.3 Å². The zero-order valence-electron chi connectivity index (χ0n) is 13.5. The van der Waals surface area contributed by atoms with Crippen LogP contribution in [0.4, 0.5) is 0 Å². The topological polar surface area (TPSA) is 139 Å². The van der Waals surface area contributed by atoms with Crippen molar-refractivity contribution in [2.45, 2.75) is 40.9 Å². The van der Waals surface area contributed by atoms with Gasteiger partial charge in [0, 0.05) is 13.8 Å². The van der Waals surface area contributed by atoms with Gasteiger partial charge in [-0.2, -0.15) is 0 Å². The van der Waals surface area contributed by atoms with Crippen molar-refractivity contribution in [1.82, 2.24) is 0 Å². The summed E-state index contributed by atoms with van der Waals surface area (Å²) in [4.78, 5) is 41.7. The first-order valence-electron chi connectivity index (χ1n) is 6.64. The average Bonchev–Trinajstić information content (AvgIpc) is 2.96. The van der Waals surface area contributed by atoms with Crippen molar-refractivity contribution in [2.75, 3.05) is 0 Å². The first-order valence-corrected chi connectivity index (χ1v) is 6.64. The zero-order valence-corrected chi connectivity index (χ0v) is 13.5. The summed E-state index contributed by atoms with van der Waals surface area (Å²) in [7, 11) is 0. The Kier molecular flexibility index (Phi) is 6.78. The lowest BCUT2D eigenvalue weighted by atomic mass is 10.4. The van der Waals surface area contributed by atoms with Gasteiger partial charge in [-0.3, -0.25) is 9.59 Å². The molecule has 0 bridgehead atoms. The Morgan fingerprint density at radius 2 is 1.08 bits per heavy atom. The van der Waals surface area contributed by atoms with Crippen LogP contribution >= 0.6 is 0 Å². The van der Waals surface area contributed by atoms with Crippen molar-refractivity contribution in [2.24, 2.45) is 0 Å². The molecule has 0 atom stereocenters. The Bertz CT molecular complexity index is 732. The first kappa shape index (κ1) is 19.0. The molecule has 2 heterocycles. The van der Waals surface area contributed by atoms with Crippen LogP contribution in [0.25, 0.3) is 0 Å². The maximum absolute atomic E-state index is 10.5. The number of hydrogen-bond donors (Lipinski definition) is 0. The second kappa shape index (κ2) is 8.56. The van der Waals surface area contributed by atoms with Crippen LogP contribution in [0, 0.1) is 13.8 Å². The molecule has 2 rings (SSSR count). The van der Waals surface area contributed by atoms with E-state index >= 15 is 0 Å². The molecule has 10 nitrogen and oxygen atoms in total. The summed E-state index contributed by atoms with van der Waals surface area (Å²) in [6.45, 7) is 5.54. The van der Waals surface area contributed by atoms with Crippen LogP contribution in [0.2, 0.25) is 0 Å². The molecule has 0 saturated heterocycles. The molecular weight excluding hydrogens is 328 g/mol.